The first-order chi connectivity index (χ1) is 18.3. The Kier molecular flexibility index (Phi) is 5.69. The van der Waals surface area contributed by atoms with Crippen molar-refractivity contribution in [3.05, 3.63) is 71.0 Å². The number of carbonyl (C=O) groups excluding carboxylic acids is 1. The zero-order valence-corrected chi connectivity index (χ0v) is 20.5. The molecular formula is C28H23F3N6O. The normalized spacial score (nSPS) is 20.6. The summed E-state index contributed by atoms with van der Waals surface area (Å²) in [7, 11) is 1.46. The van der Waals surface area contributed by atoms with Gasteiger partial charge in [-0.25, -0.2) is 17.9 Å². The summed E-state index contributed by atoms with van der Waals surface area (Å²) in [5.74, 6) is -3.15. The van der Waals surface area contributed by atoms with Crippen LogP contribution in [0.15, 0.2) is 42.5 Å². The first kappa shape index (κ1) is 24.1. The number of piperidine rings is 1. The predicted molar refractivity (Wildman–Crippen MR) is 134 cm³/mol. The minimum atomic E-state index is -1.11. The van der Waals surface area contributed by atoms with Crippen molar-refractivity contribution < 1.29 is 18.0 Å². The van der Waals surface area contributed by atoms with Gasteiger partial charge in [0.1, 0.15) is 22.9 Å². The van der Waals surface area contributed by atoms with Crippen LogP contribution in [0.2, 0.25) is 0 Å². The lowest BCUT2D eigenvalue weighted by Gasteiger charge is -2.38. The van der Waals surface area contributed by atoms with Gasteiger partial charge in [0, 0.05) is 36.3 Å². The highest BCUT2D eigenvalue weighted by Crippen LogP contribution is 2.40. The number of hydrogen-bond acceptors (Lipinski definition) is 5. The van der Waals surface area contributed by atoms with Crippen molar-refractivity contribution in [2.75, 3.05) is 0 Å². The van der Waals surface area contributed by atoms with Crippen LogP contribution in [-0.4, -0.2) is 43.9 Å². The fraction of sp³-hybridized carbons (Fsp3) is 0.286. The van der Waals surface area contributed by atoms with Gasteiger partial charge in [-0.05, 0) is 72.7 Å². The molecule has 2 N–H and O–H groups in total. The molecule has 0 unspecified atom stereocenters. The molecule has 2 fully saturated rings. The van der Waals surface area contributed by atoms with Crippen molar-refractivity contribution in [2.24, 2.45) is 12.8 Å². The van der Waals surface area contributed by atoms with E-state index in [-0.39, 0.29) is 51.8 Å². The molecule has 192 valence electrons. The van der Waals surface area contributed by atoms with Gasteiger partial charge in [-0.2, -0.15) is 5.26 Å². The molecule has 2 saturated heterocycles. The number of nitriles is 1. The van der Waals surface area contributed by atoms with Crippen LogP contribution < -0.4 is 5.73 Å². The monoisotopic (exact) mass is 516 g/mol. The average molecular weight is 517 g/mol. The molecule has 2 aliphatic rings. The number of nitrogens with zero attached hydrogens (tertiary/aromatic N) is 5. The summed E-state index contributed by atoms with van der Waals surface area (Å²) in [6.07, 6.45) is 3.24. The van der Waals surface area contributed by atoms with E-state index < -0.39 is 17.5 Å². The van der Waals surface area contributed by atoms with E-state index in [4.69, 9.17) is 11.0 Å². The third kappa shape index (κ3) is 3.73. The van der Waals surface area contributed by atoms with Gasteiger partial charge in [0.15, 0.2) is 11.6 Å². The topological polar surface area (TPSA) is 101 Å². The number of fused-ring (bicyclic) bond motifs is 3. The highest BCUT2D eigenvalue weighted by Gasteiger charge is 2.42. The second kappa shape index (κ2) is 8.96. The van der Waals surface area contributed by atoms with Crippen molar-refractivity contribution in [1.29, 1.82) is 5.26 Å². The number of aryl methyl sites for hydroxylation is 1. The molecule has 2 aliphatic heterocycles. The van der Waals surface area contributed by atoms with Crippen LogP contribution in [0.4, 0.5) is 13.2 Å². The van der Waals surface area contributed by atoms with E-state index in [1.54, 1.807) is 18.2 Å². The summed E-state index contributed by atoms with van der Waals surface area (Å²) in [6, 6.07) is 12.0. The molecule has 6 rings (SSSR count). The molecule has 7 nitrogen and oxygen atoms in total. The zero-order chi connectivity index (χ0) is 26.7. The van der Waals surface area contributed by atoms with Crippen LogP contribution in [-0.2, 0) is 7.05 Å². The first-order valence-electron chi connectivity index (χ1n) is 12.4. The van der Waals surface area contributed by atoms with Crippen molar-refractivity contribution in [3.8, 4) is 28.3 Å². The fourth-order valence-corrected chi connectivity index (χ4v) is 5.97. The summed E-state index contributed by atoms with van der Waals surface area (Å²) < 4.78 is 46.3. The minimum absolute atomic E-state index is 0.0531. The Hall–Kier alpha value is -4.23. The van der Waals surface area contributed by atoms with Gasteiger partial charge in [-0.1, -0.05) is 17.3 Å². The second-order valence-electron chi connectivity index (χ2n) is 10.0. The number of hydrogen-bond donors (Lipinski definition) is 1. The fourth-order valence-electron chi connectivity index (χ4n) is 5.97. The lowest BCUT2D eigenvalue weighted by molar-refractivity contribution is 0.0575. The predicted octanol–water partition coefficient (Wildman–Crippen LogP) is 4.69. The SMILES string of the molecule is Cn1nnc2cc(-c3ccc(C(=O)N4[C@@H]5CC[C@H]4C[C@@H](N)C5)cc3-c3ccc(C#N)c(F)c3)c(F)c(F)c21. The Morgan fingerprint density at radius 1 is 1.00 bits per heavy atom. The Balaban J connectivity index is 1.52. The first-order valence-corrected chi connectivity index (χ1v) is 12.4. The van der Waals surface area contributed by atoms with E-state index in [9.17, 15) is 9.18 Å². The quantitative estimate of drug-likeness (QED) is 0.426. The highest BCUT2D eigenvalue weighted by molar-refractivity contribution is 5.99. The van der Waals surface area contributed by atoms with Crippen LogP contribution >= 0.6 is 0 Å². The van der Waals surface area contributed by atoms with Crippen LogP contribution in [0.3, 0.4) is 0 Å². The number of aromatic nitrogens is 3. The maximum absolute atomic E-state index is 15.4. The largest absolute Gasteiger partial charge is 0.333 e. The highest BCUT2D eigenvalue weighted by atomic mass is 19.2. The summed E-state index contributed by atoms with van der Waals surface area (Å²) in [5, 5.41) is 16.9. The average Bonchev–Trinajstić information content (AvgIpc) is 3.41. The number of nitrogens with two attached hydrogens (primary N) is 1. The van der Waals surface area contributed by atoms with Crippen LogP contribution in [0, 0.1) is 28.8 Å². The molecule has 1 aromatic heterocycles. The summed E-state index contributed by atoms with van der Waals surface area (Å²) in [4.78, 5) is 15.6. The molecule has 0 aliphatic carbocycles. The third-order valence-electron chi connectivity index (χ3n) is 7.73. The Bertz CT molecular complexity index is 1640. The molecule has 3 aromatic carbocycles. The molecule has 4 aromatic rings. The smallest absolute Gasteiger partial charge is 0.254 e. The number of amides is 1. The molecule has 0 saturated carbocycles. The van der Waals surface area contributed by atoms with Crippen LogP contribution in [0.5, 0.6) is 0 Å². The maximum atomic E-state index is 15.4. The molecular weight excluding hydrogens is 493 g/mol. The zero-order valence-electron chi connectivity index (χ0n) is 20.5. The summed E-state index contributed by atoms with van der Waals surface area (Å²) >= 11 is 0. The van der Waals surface area contributed by atoms with Gasteiger partial charge in [0.05, 0.1) is 5.56 Å². The van der Waals surface area contributed by atoms with E-state index in [1.165, 1.54) is 31.3 Å². The van der Waals surface area contributed by atoms with Gasteiger partial charge in [0.2, 0.25) is 0 Å². The Morgan fingerprint density at radius 3 is 2.42 bits per heavy atom. The molecule has 0 radical (unpaired) electrons. The maximum Gasteiger partial charge on any atom is 0.254 e. The number of carbonyl (C=O) groups is 1. The molecule has 38 heavy (non-hydrogen) atoms. The molecule has 2 bridgehead atoms. The molecule has 0 spiro atoms. The van der Waals surface area contributed by atoms with Crippen LogP contribution in [0.25, 0.3) is 33.3 Å². The van der Waals surface area contributed by atoms with Crippen molar-refractivity contribution in [2.45, 2.75) is 43.8 Å². The summed E-state index contributed by atoms with van der Waals surface area (Å²) in [5.41, 5.74) is 7.23. The van der Waals surface area contributed by atoms with Gasteiger partial charge < -0.3 is 10.6 Å². The second-order valence-corrected chi connectivity index (χ2v) is 10.0. The summed E-state index contributed by atoms with van der Waals surface area (Å²) in [6.45, 7) is 0. The van der Waals surface area contributed by atoms with Crippen LogP contribution in [0.1, 0.15) is 41.6 Å². The van der Waals surface area contributed by atoms with E-state index in [0.717, 1.165) is 36.4 Å². The van der Waals surface area contributed by atoms with Crippen molar-refractivity contribution in [1.82, 2.24) is 19.9 Å². The Morgan fingerprint density at radius 2 is 1.74 bits per heavy atom. The standard InChI is InChI=1S/C28H23F3N6O/c1-36-27-24(34-35-36)12-22(25(30)26(27)31)20-7-4-15(8-21(20)14-2-3-16(13-32)23(29)9-14)28(38)37-18-5-6-19(37)11-17(33)10-18/h2-4,7-9,12,17-19H,5-6,10-11,33H2,1H3/t17-,18+,19-. The number of rotatable bonds is 3. The molecule has 1 amide bonds. The van der Waals surface area contributed by atoms with Crippen molar-refractivity contribution in [3.63, 3.8) is 0 Å². The van der Waals surface area contributed by atoms with Gasteiger partial charge in [0.25, 0.3) is 5.91 Å². The lowest BCUT2D eigenvalue weighted by Crippen LogP contribution is -2.50. The third-order valence-corrected chi connectivity index (χ3v) is 7.73. The van der Waals surface area contributed by atoms with Crippen molar-refractivity contribution >= 4 is 16.9 Å². The van der Waals surface area contributed by atoms with E-state index in [1.807, 2.05) is 4.90 Å². The number of halogens is 3. The number of benzene rings is 3. The Labute approximate surface area is 216 Å². The van der Waals surface area contributed by atoms with E-state index >= 15 is 8.78 Å². The molecule has 10 heteroatoms. The minimum Gasteiger partial charge on any atom is -0.333 e. The van der Waals surface area contributed by atoms with Gasteiger partial charge >= 0.3 is 0 Å². The van der Waals surface area contributed by atoms with Gasteiger partial charge in [-0.3, -0.25) is 4.79 Å². The van der Waals surface area contributed by atoms with E-state index in [2.05, 4.69) is 10.3 Å². The van der Waals surface area contributed by atoms with Gasteiger partial charge in [-0.15, -0.1) is 5.10 Å². The molecule has 3 atom stereocenters. The van der Waals surface area contributed by atoms with E-state index in [0.29, 0.717) is 16.7 Å². The lowest BCUT2D eigenvalue weighted by atomic mass is 9.90. The molecule has 3 heterocycles.